The summed E-state index contributed by atoms with van der Waals surface area (Å²) < 4.78 is 45.4. The van der Waals surface area contributed by atoms with Gasteiger partial charge in [-0.15, -0.1) is 0 Å². The fraction of sp³-hybridized carbons (Fsp3) is 0.219. The van der Waals surface area contributed by atoms with Crippen LogP contribution < -0.4 is 15.4 Å². The summed E-state index contributed by atoms with van der Waals surface area (Å²) in [6, 6.07) is 21.4. The second-order valence-corrected chi connectivity index (χ2v) is 10.4. The molecule has 0 aliphatic carbocycles. The van der Waals surface area contributed by atoms with E-state index in [1.54, 1.807) is 71.8 Å². The Balaban J connectivity index is 1.62. The molecule has 0 spiro atoms. The van der Waals surface area contributed by atoms with Crippen molar-refractivity contribution in [3.05, 3.63) is 102 Å². The van der Waals surface area contributed by atoms with Crippen LogP contribution in [0.4, 0.5) is 35.0 Å². The van der Waals surface area contributed by atoms with Crippen LogP contribution in [-0.4, -0.2) is 34.0 Å². The van der Waals surface area contributed by atoms with Crippen LogP contribution in [0.3, 0.4) is 0 Å². The van der Waals surface area contributed by atoms with Crippen molar-refractivity contribution in [1.82, 2.24) is 9.88 Å². The average Bonchev–Trinajstić information content (AvgIpc) is 2.94. The number of alkyl halides is 3. The number of pyridine rings is 1. The molecule has 2 N–H and O–H groups in total. The maximum atomic E-state index is 13.4. The Labute approximate surface area is 242 Å². The SMILES string of the molecule is CCN(C(=O)Oc1ccc(NC(=O)c2ccccc2Nc2cccc(C(F)(F)F)c2)cc1-c1ccccn1)C(C)(C)C. The lowest BCUT2D eigenvalue weighted by molar-refractivity contribution is -0.137. The van der Waals surface area contributed by atoms with E-state index in [0.29, 0.717) is 29.2 Å². The number of ether oxygens (including phenoxy) is 1. The topological polar surface area (TPSA) is 83.6 Å². The van der Waals surface area contributed by atoms with Gasteiger partial charge < -0.3 is 20.3 Å². The highest BCUT2D eigenvalue weighted by molar-refractivity contribution is 6.08. The lowest BCUT2D eigenvalue weighted by atomic mass is 10.1. The Morgan fingerprint density at radius 3 is 2.29 bits per heavy atom. The molecular weight excluding hydrogens is 545 g/mol. The largest absolute Gasteiger partial charge is 0.416 e. The van der Waals surface area contributed by atoms with Gasteiger partial charge in [0.25, 0.3) is 5.91 Å². The van der Waals surface area contributed by atoms with Gasteiger partial charge in [0.1, 0.15) is 5.75 Å². The summed E-state index contributed by atoms with van der Waals surface area (Å²) in [5.41, 5.74) is 0.883. The van der Waals surface area contributed by atoms with Crippen molar-refractivity contribution < 1.29 is 27.5 Å². The van der Waals surface area contributed by atoms with Crippen molar-refractivity contribution in [3.8, 4) is 17.0 Å². The molecule has 1 heterocycles. The van der Waals surface area contributed by atoms with Crippen LogP contribution in [0.25, 0.3) is 11.3 Å². The number of anilines is 3. The first-order valence-electron chi connectivity index (χ1n) is 13.3. The van der Waals surface area contributed by atoms with Gasteiger partial charge in [0.15, 0.2) is 0 Å². The second kappa shape index (κ2) is 12.3. The normalized spacial score (nSPS) is 11.5. The Hall–Kier alpha value is -4.86. The minimum absolute atomic E-state index is 0.185. The average molecular weight is 577 g/mol. The first kappa shape index (κ1) is 30.1. The van der Waals surface area contributed by atoms with Crippen LogP contribution in [0.1, 0.15) is 43.6 Å². The van der Waals surface area contributed by atoms with Gasteiger partial charge in [-0.1, -0.05) is 24.3 Å². The molecule has 0 aliphatic heterocycles. The number of aromatic nitrogens is 1. The number of nitrogens with zero attached hydrogens (tertiary/aromatic N) is 2. The van der Waals surface area contributed by atoms with Crippen molar-refractivity contribution >= 4 is 29.1 Å². The Bertz CT molecular complexity index is 1570. The van der Waals surface area contributed by atoms with Crippen LogP contribution in [0, 0.1) is 0 Å². The molecule has 0 aliphatic rings. The van der Waals surface area contributed by atoms with Crippen LogP contribution >= 0.6 is 0 Å². The van der Waals surface area contributed by atoms with Gasteiger partial charge in [-0.2, -0.15) is 13.2 Å². The molecule has 0 fully saturated rings. The standard InChI is InChI=1S/C32H31F3N4O3/c1-5-39(31(2,3)4)30(41)42-28-17-16-23(20-25(28)26-14-8-9-18-36-26)38-29(40)24-13-6-7-15-27(24)37-22-12-10-11-21(19-22)32(33,34)35/h6-20,37H,5H2,1-4H3,(H,38,40). The number of carbonyl (C=O) groups excluding carboxylic acids is 2. The van der Waals surface area contributed by atoms with E-state index < -0.39 is 29.3 Å². The van der Waals surface area contributed by atoms with Crippen LogP contribution in [0.5, 0.6) is 5.75 Å². The maximum absolute atomic E-state index is 13.4. The number of rotatable bonds is 7. The smallest absolute Gasteiger partial charge is 0.409 e. The lowest BCUT2D eigenvalue weighted by Gasteiger charge is -2.33. The zero-order valence-electron chi connectivity index (χ0n) is 23.6. The number of amides is 2. The second-order valence-electron chi connectivity index (χ2n) is 10.4. The van der Waals surface area contributed by atoms with Gasteiger partial charge in [-0.05, 0) is 88.4 Å². The van der Waals surface area contributed by atoms with E-state index in [2.05, 4.69) is 15.6 Å². The number of para-hydroxylation sites is 1. The van der Waals surface area contributed by atoms with E-state index in [4.69, 9.17) is 4.74 Å². The van der Waals surface area contributed by atoms with Gasteiger partial charge >= 0.3 is 12.3 Å². The summed E-state index contributed by atoms with van der Waals surface area (Å²) in [5, 5.41) is 5.75. The van der Waals surface area contributed by atoms with Crippen molar-refractivity contribution in [1.29, 1.82) is 0 Å². The molecular formula is C32H31F3N4O3. The predicted octanol–water partition coefficient (Wildman–Crippen LogP) is 8.38. The van der Waals surface area contributed by atoms with E-state index >= 15 is 0 Å². The third-order valence-corrected chi connectivity index (χ3v) is 6.36. The van der Waals surface area contributed by atoms with E-state index in [-0.39, 0.29) is 17.0 Å². The molecule has 3 aromatic carbocycles. The van der Waals surface area contributed by atoms with Crippen molar-refractivity contribution in [2.45, 2.75) is 39.4 Å². The Morgan fingerprint density at radius 1 is 0.881 bits per heavy atom. The highest BCUT2D eigenvalue weighted by atomic mass is 19.4. The number of nitrogens with one attached hydrogen (secondary N) is 2. The molecule has 1 aromatic heterocycles. The molecule has 0 atom stereocenters. The number of hydrogen-bond acceptors (Lipinski definition) is 5. The molecule has 4 aromatic rings. The molecule has 2 amide bonds. The van der Waals surface area contributed by atoms with Crippen LogP contribution in [-0.2, 0) is 6.18 Å². The van der Waals surface area contributed by atoms with E-state index in [1.165, 1.54) is 12.1 Å². The molecule has 0 radical (unpaired) electrons. The van der Waals surface area contributed by atoms with Crippen LogP contribution in [0.15, 0.2) is 91.1 Å². The highest BCUT2D eigenvalue weighted by Gasteiger charge is 2.30. The zero-order chi connectivity index (χ0) is 30.5. The van der Waals surface area contributed by atoms with E-state index in [1.807, 2.05) is 27.7 Å². The van der Waals surface area contributed by atoms with Crippen molar-refractivity contribution in [2.75, 3.05) is 17.2 Å². The summed E-state index contributed by atoms with van der Waals surface area (Å²) in [6.45, 7) is 8.05. The number of benzene rings is 3. The summed E-state index contributed by atoms with van der Waals surface area (Å²) in [4.78, 5) is 32.4. The third-order valence-electron chi connectivity index (χ3n) is 6.36. The molecule has 0 bridgehead atoms. The molecule has 0 saturated carbocycles. The Kier molecular flexibility index (Phi) is 8.84. The molecule has 7 nitrogen and oxygen atoms in total. The van der Waals surface area contributed by atoms with Crippen molar-refractivity contribution in [3.63, 3.8) is 0 Å². The van der Waals surface area contributed by atoms with Gasteiger partial charge in [-0.25, -0.2) is 4.79 Å². The fourth-order valence-electron chi connectivity index (χ4n) is 4.36. The monoisotopic (exact) mass is 576 g/mol. The van der Waals surface area contributed by atoms with E-state index in [9.17, 15) is 22.8 Å². The molecule has 10 heteroatoms. The quantitative estimate of drug-likeness (QED) is 0.231. The van der Waals surface area contributed by atoms with E-state index in [0.717, 1.165) is 12.1 Å². The summed E-state index contributed by atoms with van der Waals surface area (Å²) in [5.74, 6) is -0.224. The zero-order valence-corrected chi connectivity index (χ0v) is 23.6. The first-order valence-corrected chi connectivity index (χ1v) is 13.3. The molecule has 42 heavy (non-hydrogen) atoms. The van der Waals surface area contributed by atoms with Gasteiger partial charge in [0, 0.05) is 35.2 Å². The molecule has 0 saturated heterocycles. The number of carbonyl (C=O) groups is 2. The maximum Gasteiger partial charge on any atom is 0.416 e. The highest BCUT2D eigenvalue weighted by Crippen LogP contribution is 2.34. The summed E-state index contributed by atoms with van der Waals surface area (Å²) in [6.07, 6.45) is -3.41. The minimum atomic E-state index is -4.50. The van der Waals surface area contributed by atoms with Gasteiger partial charge in [-0.3, -0.25) is 9.78 Å². The van der Waals surface area contributed by atoms with Crippen molar-refractivity contribution in [2.24, 2.45) is 0 Å². The summed E-state index contributed by atoms with van der Waals surface area (Å²) >= 11 is 0. The molecule has 0 unspecified atom stereocenters. The first-order chi connectivity index (χ1) is 19.9. The summed E-state index contributed by atoms with van der Waals surface area (Å²) in [7, 11) is 0. The van der Waals surface area contributed by atoms with Gasteiger partial charge in [0.05, 0.1) is 22.5 Å². The number of halogens is 3. The predicted molar refractivity (Wildman–Crippen MR) is 157 cm³/mol. The third kappa shape index (κ3) is 7.25. The van der Waals surface area contributed by atoms with Gasteiger partial charge in [0.2, 0.25) is 0 Å². The minimum Gasteiger partial charge on any atom is -0.409 e. The lowest BCUT2D eigenvalue weighted by Crippen LogP contribution is -2.46. The molecule has 4 rings (SSSR count). The molecule has 218 valence electrons. The van der Waals surface area contributed by atoms with Crippen LogP contribution in [0.2, 0.25) is 0 Å². The Morgan fingerprint density at radius 2 is 1.62 bits per heavy atom. The number of hydrogen-bond donors (Lipinski definition) is 2. The fourth-order valence-corrected chi connectivity index (χ4v) is 4.36.